The van der Waals surface area contributed by atoms with Gasteiger partial charge in [0.2, 0.25) is 0 Å². The van der Waals surface area contributed by atoms with Crippen molar-refractivity contribution in [3.05, 3.63) is 71.3 Å². The maximum Gasteiger partial charge on any atom is 0.523 e. The van der Waals surface area contributed by atoms with Crippen molar-refractivity contribution in [2.24, 2.45) is 0 Å². The molecule has 2 aromatic carbocycles. The fourth-order valence-corrected chi connectivity index (χ4v) is 2.22. The molecule has 0 saturated heterocycles. The topological polar surface area (TPSA) is 35.5 Å². The number of carbonyl (C=O) groups is 1. The van der Waals surface area contributed by atoms with Crippen LogP contribution in [0.4, 0.5) is 13.2 Å². The Hall–Kier alpha value is -2.34. The normalized spacial score (nSPS) is 13.4. The van der Waals surface area contributed by atoms with Crippen molar-refractivity contribution in [1.29, 1.82) is 0 Å². The molecular weight excluding hydrogens is 333 g/mol. The standard InChI is InChI=1S/C19H19F3O3/c1-18(2,3)25-17(23)15-11-9-14(10-12-15)16(24-19(20,21)22)13-7-5-4-6-8-13/h4-12,16H,1-3H3/t16-/m1/s1. The molecule has 0 unspecified atom stereocenters. The van der Waals surface area contributed by atoms with Crippen LogP contribution in [0.15, 0.2) is 54.6 Å². The van der Waals surface area contributed by atoms with Gasteiger partial charge in [-0.05, 0) is 44.0 Å². The largest absolute Gasteiger partial charge is 0.523 e. The fourth-order valence-electron chi connectivity index (χ4n) is 2.22. The van der Waals surface area contributed by atoms with Crippen molar-refractivity contribution in [1.82, 2.24) is 0 Å². The second kappa shape index (κ2) is 7.27. The van der Waals surface area contributed by atoms with Gasteiger partial charge < -0.3 is 4.74 Å². The predicted octanol–water partition coefficient (Wildman–Crippen LogP) is 5.27. The molecule has 1 atom stereocenters. The molecule has 134 valence electrons. The van der Waals surface area contributed by atoms with Crippen molar-refractivity contribution in [3.8, 4) is 0 Å². The van der Waals surface area contributed by atoms with E-state index in [1.807, 2.05) is 0 Å². The number of alkyl halides is 3. The van der Waals surface area contributed by atoms with Crippen LogP contribution in [-0.2, 0) is 9.47 Å². The average molecular weight is 352 g/mol. The van der Waals surface area contributed by atoms with Crippen LogP contribution in [0.5, 0.6) is 0 Å². The Morgan fingerprint density at radius 2 is 1.40 bits per heavy atom. The molecule has 25 heavy (non-hydrogen) atoms. The summed E-state index contributed by atoms with van der Waals surface area (Å²) >= 11 is 0. The van der Waals surface area contributed by atoms with E-state index in [-0.39, 0.29) is 11.1 Å². The van der Waals surface area contributed by atoms with Gasteiger partial charge in [-0.25, -0.2) is 4.79 Å². The average Bonchev–Trinajstić information content (AvgIpc) is 2.51. The number of carbonyl (C=O) groups excluding carboxylic acids is 1. The zero-order valence-corrected chi connectivity index (χ0v) is 14.1. The van der Waals surface area contributed by atoms with E-state index in [9.17, 15) is 18.0 Å². The van der Waals surface area contributed by atoms with Crippen LogP contribution < -0.4 is 0 Å². The number of benzene rings is 2. The number of rotatable bonds is 4. The molecule has 0 aliphatic heterocycles. The van der Waals surface area contributed by atoms with Crippen LogP contribution in [0.1, 0.15) is 48.4 Å². The van der Waals surface area contributed by atoms with E-state index < -0.39 is 24.0 Å². The maximum absolute atomic E-state index is 12.8. The first-order valence-corrected chi connectivity index (χ1v) is 7.68. The number of hydrogen-bond acceptors (Lipinski definition) is 3. The monoisotopic (exact) mass is 352 g/mol. The molecule has 6 heteroatoms. The highest BCUT2D eigenvalue weighted by Crippen LogP contribution is 2.33. The molecule has 0 heterocycles. The molecule has 0 saturated carbocycles. The highest BCUT2D eigenvalue weighted by molar-refractivity contribution is 5.89. The summed E-state index contributed by atoms with van der Waals surface area (Å²) in [6.45, 7) is 5.21. The number of ether oxygens (including phenoxy) is 2. The summed E-state index contributed by atoms with van der Waals surface area (Å²) in [5.41, 5.74) is 0.264. The van der Waals surface area contributed by atoms with Crippen molar-refractivity contribution < 1.29 is 27.4 Å². The second-order valence-corrected chi connectivity index (χ2v) is 6.48. The van der Waals surface area contributed by atoms with E-state index in [1.165, 1.54) is 24.3 Å². The van der Waals surface area contributed by atoms with Gasteiger partial charge in [0.1, 0.15) is 11.7 Å². The Labute approximate surface area is 144 Å². The lowest BCUT2D eigenvalue weighted by Crippen LogP contribution is -2.24. The van der Waals surface area contributed by atoms with E-state index in [4.69, 9.17) is 4.74 Å². The van der Waals surface area contributed by atoms with Crippen LogP contribution in [0.3, 0.4) is 0 Å². The van der Waals surface area contributed by atoms with Gasteiger partial charge >= 0.3 is 12.3 Å². The minimum absolute atomic E-state index is 0.262. The third kappa shape index (κ3) is 5.90. The molecule has 0 aliphatic carbocycles. The van der Waals surface area contributed by atoms with Crippen LogP contribution in [0, 0.1) is 0 Å². The first kappa shape index (κ1) is 19.0. The molecule has 0 fully saturated rings. The van der Waals surface area contributed by atoms with Crippen LogP contribution >= 0.6 is 0 Å². The van der Waals surface area contributed by atoms with Gasteiger partial charge in [-0.2, -0.15) is 0 Å². The quantitative estimate of drug-likeness (QED) is 0.704. The Morgan fingerprint density at radius 3 is 1.88 bits per heavy atom. The Kier molecular flexibility index (Phi) is 5.52. The summed E-state index contributed by atoms with van der Waals surface area (Å²) in [4.78, 5) is 12.0. The number of esters is 1. The Morgan fingerprint density at radius 1 is 0.880 bits per heavy atom. The molecule has 0 bridgehead atoms. The van der Waals surface area contributed by atoms with Gasteiger partial charge in [0.15, 0.2) is 0 Å². The predicted molar refractivity (Wildman–Crippen MR) is 87.0 cm³/mol. The maximum atomic E-state index is 12.8. The van der Waals surface area contributed by atoms with Gasteiger partial charge in [0, 0.05) is 0 Å². The number of hydrogen-bond donors (Lipinski definition) is 0. The van der Waals surface area contributed by atoms with E-state index in [2.05, 4.69) is 4.74 Å². The Bertz CT molecular complexity index is 701. The Balaban J connectivity index is 2.28. The fraction of sp³-hybridized carbons (Fsp3) is 0.316. The molecule has 0 amide bonds. The summed E-state index contributed by atoms with van der Waals surface area (Å²) in [5, 5.41) is 0. The zero-order valence-electron chi connectivity index (χ0n) is 14.1. The minimum Gasteiger partial charge on any atom is -0.456 e. The highest BCUT2D eigenvalue weighted by atomic mass is 19.4. The van der Waals surface area contributed by atoms with E-state index in [0.29, 0.717) is 5.56 Å². The molecule has 0 aromatic heterocycles. The first-order chi connectivity index (χ1) is 11.6. The molecule has 0 aliphatic rings. The molecule has 0 spiro atoms. The lowest BCUT2D eigenvalue weighted by Gasteiger charge is -2.21. The summed E-state index contributed by atoms with van der Waals surface area (Å²) in [6, 6.07) is 13.8. The van der Waals surface area contributed by atoms with Crippen LogP contribution in [0.25, 0.3) is 0 Å². The van der Waals surface area contributed by atoms with Gasteiger partial charge in [0.25, 0.3) is 0 Å². The van der Waals surface area contributed by atoms with E-state index in [0.717, 1.165) is 0 Å². The van der Waals surface area contributed by atoms with Crippen molar-refractivity contribution in [3.63, 3.8) is 0 Å². The molecule has 0 N–H and O–H groups in total. The third-order valence-corrected chi connectivity index (χ3v) is 3.20. The van der Waals surface area contributed by atoms with E-state index >= 15 is 0 Å². The SMILES string of the molecule is CC(C)(C)OC(=O)c1ccc([C@H](OC(F)(F)F)c2ccccc2)cc1. The van der Waals surface area contributed by atoms with Crippen molar-refractivity contribution in [2.45, 2.75) is 38.8 Å². The number of halogens is 3. The van der Waals surface area contributed by atoms with Crippen LogP contribution in [-0.4, -0.2) is 17.9 Å². The second-order valence-electron chi connectivity index (χ2n) is 6.48. The molecule has 2 aromatic rings. The summed E-state index contributed by atoms with van der Waals surface area (Å²) in [5.74, 6) is -0.535. The minimum atomic E-state index is -4.79. The van der Waals surface area contributed by atoms with Gasteiger partial charge in [-0.1, -0.05) is 42.5 Å². The van der Waals surface area contributed by atoms with E-state index in [1.54, 1.807) is 51.1 Å². The van der Waals surface area contributed by atoms with Gasteiger partial charge in [-0.15, -0.1) is 13.2 Å². The smallest absolute Gasteiger partial charge is 0.456 e. The zero-order chi connectivity index (χ0) is 18.7. The van der Waals surface area contributed by atoms with Crippen molar-refractivity contribution >= 4 is 5.97 Å². The molecule has 0 radical (unpaired) electrons. The summed E-state index contributed by atoms with van der Waals surface area (Å²) < 4.78 is 47.8. The third-order valence-electron chi connectivity index (χ3n) is 3.20. The summed E-state index contributed by atoms with van der Waals surface area (Å²) in [7, 11) is 0. The first-order valence-electron chi connectivity index (χ1n) is 7.68. The molecule has 2 rings (SSSR count). The van der Waals surface area contributed by atoms with Crippen LogP contribution in [0.2, 0.25) is 0 Å². The molecular formula is C19H19F3O3. The highest BCUT2D eigenvalue weighted by Gasteiger charge is 2.35. The molecule has 3 nitrogen and oxygen atoms in total. The lowest BCUT2D eigenvalue weighted by molar-refractivity contribution is -0.339. The summed E-state index contributed by atoms with van der Waals surface area (Å²) in [6.07, 6.45) is -6.10. The van der Waals surface area contributed by atoms with Crippen molar-refractivity contribution in [2.75, 3.05) is 0 Å². The lowest BCUT2D eigenvalue weighted by atomic mass is 10.00. The van der Waals surface area contributed by atoms with Gasteiger partial charge in [-0.3, -0.25) is 4.74 Å². The van der Waals surface area contributed by atoms with Gasteiger partial charge in [0.05, 0.1) is 5.56 Å².